The Labute approximate surface area is 211 Å². The topological polar surface area (TPSA) is 87.2 Å². The second kappa shape index (κ2) is 11.4. The summed E-state index contributed by atoms with van der Waals surface area (Å²) < 4.78 is 14.1. The number of nitrogens with two attached hydrogens (primary N) is 1. The van der Waals surface area contributed by atoms with E-state index in [9.17, 15) is 0 Å². The van der Waals surface area contributed by atoms with Crippen molar-refractivity contribution in [3.05, 3.63) is 66.6 Å². The van der Waals surface area contributed by atoms with Crippen LogP contribution in [0.25, 0.3) is 11.0 Å². The first-order chi connectivity index (χ1) is 15.7. The first-order valence-electron chi connectivity index (χ1n) is 11.0. The van der Waals surface area contributed by atoms with E-state index in [1.807, 2.05) is 61.7 Å². The van der Waals surface area contributed by atoms with Crippen LogP contribution in [0.1, 0.15) is 18.4 Å². The minimum Gasteiger partial charge on any atom is -0.493 e. The van der Waals surface area contributed by atoms with Crippen LogP contribution < -0.4 is 20.5 Å². The van der Waals surface area contributed by atoms with Crippen LogP contribution in [0.4, 0.5) is 11.5 Å². The van der Waals surface area contributed by atoms with Crippen LogP contribution in [0.3, 0.4) is 0 Å². The molecule has 34 heavy (non-hydrogen) atoms. The van der Waals surface area contributed by atoms with Crippen molar-refractivity contribution in [2.45, 2.75) is 26.3 Å². The smallest absolute Gasteiger partial charge is 0.158 e. The number of rotatable bonds is 9. The van der Waals surface area contributed by atoms with Gasteiger partial charge in [-0.3, -0.25) is 0 Å². The summed E-state index contributed by atoms with van der Waals surface area (Å²) in [5.74, 6) is 3.88. The minimum atomic E-state index is 0. The highest BCUT2D eigenvalue weighted by atomic mass is 35.5. The number of aryl methyl sites for hydroxylation is 1. The Morgan fingerprint density at radius 3 is 2.65 bits per heavy atom. The average molecular weight is 502 g/mol. The SMILES string of the molecule is Cc1cc(Nc2ncnc3ccn(CCN)c23)ccc1Oc1cccc(OCC2CC2)c1.Cl.Cl. The molecular formula is C25H29Cl2N5O2. The maximum Gasteiger partial charge on any atom is 0.158 e. The fourth-order valence-electron chi connectivity index (χ4n) is 3.68. The lowest BCUT2D eigenvalue weighted by atomic mass is 10.2. The summed E-state index contributed by atoms with van der Waals surface area (Å²) in [5.41, 5.74) is 9.52. The molecule has 7 nitrogen and oxygen atoms in total. The van der Waals surface area contributed by atoms with Gasteiger partial charge in [-0.05, 0) is 67.6 Å². The molecule has 0 amide bonds. The summed E-state index contributed by atoms with van der Waals surface area (Å²) in [6.07, 6.45) is 6.10. The summed E-state index contributed by atoms with van der Waals surface area (Å²) in [6, 6.07) is 15.8. The molecule has 5 rings (SSSR count). The van der Waals surface area contributed by atoms with E-state index in [4.69, 9.17) is 15.2 Å². The van der Waals surface area contributed by atoms with Crippen molar-refractivity contribution in [3.8, 4) is 17.2 Å². The van der Waals surface area contributed by atoms with Crippen LogP contribution in [0.15, 0.2) is 61.1 Å². The molecule has 1 aliphatic rings. The van der Waals surface area contributed by atoms with Crippen molar-refractivity contribution in [1.82, 2.24) is 14.5 Å². The molecule has 4 aromatic rings. The number of anilines is 2. The van der Waals surface area contributed by atoms with Crippen LogP contribution in [0, 0.1) is 12.8 Å². The van der Waals surface area contributed by atoms with Crippen molar-refractivity contribution in [1.29, 1.82) is 0 Å². The lowest BCUT2D eigenvalue weighted by Gasteiger charge is -2.13. The standard InChI is InChI=1S/C25H27N5O2.2ClH/c1-17-13-19(29-25-24-22(27-16-28-25)9-11-30(24)12-10-26)7-8-23(17)32-21-4-2-3-20(14-21)31-15-18-5-6-18;;/h2-4,7-9,11,13-14,16,18H,5-6,10,12,15,26H2,1H3,(H,27,28,29);2*1H. The van der Waals surface area contributed by atoms with Crippen LogP contribution >= 0.6 is 24.8 Å². The van der Waals surface area contributed by atoms with Crippen molar-refractivity contribution in [2.75, 3.05) is 18.5 Å². The Hall–Kier alpha value is -3.00. The van der Waals surface area contributed by atoms with Crippen LogP contribution in [-0.2, 0) is 6.54 Å². The number of hydrogen-bond acceptors (Lipinski definition) is 6. The Bertz CT molecular complexity index is 1240. The molecule has 1 aliphatic carbocycles. The normalized spacial score (nSPS) is 12.5. The molecule has 0 unspecified atom stereocenters. The van der Waals surface area contributed by atoms with Crippen molar-refractivity contribution in [2.24, 2.45) is 11.7 Å². The zero-order valence-corrected chi connectivity index (χ0v) is 20.6. The molecule has 1 fully saturated rings. The number of halogens is 2. The second-order valence-electron chi connectivity index (χ2n) is 8.19. The predicted octanol–water partition coefficient (Wildman–Crippen LogP) is 5.87. The molecule has 0 aliphatic heterocycles. The first-order valence-corrected chi connectivity index (χ1v) is 11.0. The van der Waals surface area contributed by atoms with E-state index in [2.05, 4.69) is 19.9 Å². The monoisotopic (exact) mass is 501 g/mol. The number of nitrogens with one attached hydrogen (secondary N) is 1. The zero-order chi connectivity index (χ0) is 21.9. The van der Waals surface area contributed by atoms with Crippen LogP contribution in [0.2, 0.25) is 0 Å². The molecule has 2 aromatic carbocycles. The summed E-state index contributed by atoms with van der Waals surface area (Å²) in [4.78, 5) is 8.81. The van der Waals surface area contributed by atoms with E-state index in [-0.39, 0.29) is 24.8 Å². The highest BCUT2D eigenvalue weighted by Crippen LogP contribution is 2.33. The number of hydrogen-bond donors (Lipinski definition) is 2. The molecule has 3 N–H and O–H groups in total. The summed E-state index contributed by atoms with van der Waals surface area (Å²) in [7, 11) is 0. The quantitative estimate of drug-likeness (QED) is 0.298. The van der Waals surface area contributed by atoms with E-state index < -0.39 is 0 Å². The molecule has 1 saturated carbocycles. The molecular weight excluding hydrogens is 473 g/mol. The number of benzene rings is 2. The van der Waals surface area contributed by atoms with E-state index in [1.165, 1.54) is 12.8 Å². The predicted molar refractivity (Wildman–Crippen MR) is 140 cm³/mol. The van der Waals surface area contributed by atoms with E-state index in [0.29, 0.717) is 13.1 Å². The van der Waals surface area contributed by atoms with Gasteiger partial charge < -0.3 is 25.1 Å². The Kier molecular flexibility index (Phi) is 8.61. The Balaban J connectivity index is 0.00000162. The van der Waals surface area contributed by atoms with Gasteiger partial charge in [-0.2, -0.15) is 0 Å². The number of fused-ring (bicyclic) bond motifs is 1. The fourth-order valence-corrected chi connectivity index (χ4v) is 3.68. The summed E-state index contributed by atoms with van der Waals surface area (Å²) >= 11 is 0. The van der Waals surface area contributed by atoms with Gasteiger partial charge in [0.1, 0.15) is 29.1 Å². The lowest BCUT2D eigenvalue weighted by molar-refractivity contribution is 0.298. The van der Waals surface area contributed by atoms with Gasteiger partial charge in [-0.15, -0.1) is 24.8 Å². The highest BCUT2D eigenvalue weighted by molar-refractivity contribution is 5.88. The lowest BCUT2D eigenvalue weighted by Crippen LogP contribution is -2.10. The van der Waals surface area contributed by atoms with Crippen molar-refractivity contribution < 1.29 is 9.47 Å². The zero-order valence-electron chi connectivity index (χ0n) is 18.9. The molecule has 2 aromatic heterocycles. The van der Waals surface area contributed by atoms with Gasteiger partial charge in [0.15, 0.2) is 5.82 Å². The molecule has 9 heteroatoms. The molecule has 0 saturated heterocycles. The minimum absolute atomic E-state index is 0. The summed E-state index contributed by atoms with van der Waals surface area (Å²) in [6.45, 7) is 4.07. The number of nitrogens with zero attached hydrogens (tertiary/aromatic N) is 3. The maximum atomic E-state index is 6.13. The van der Waals surface area contributed by atoms with Gasteiger partial charge in [0, 0.05) is 31.0 Å². The van der Waals surface area contributed by atoms with Crippen molar-refractivity contribution in [3.63, 3.8) is 0 Å². The third-order valence-corrected chi connectivity index (χ3v) is 5.57. The Morgan fingerprint density at radius 1 is 1.06 bits per heavy atom. The van der Waals surface area contributed by atoms with E-state index >= 15 is 0 Å². The first kappa shape index (κ1) is 25.6. The fraction of sp³-hybridized carbons (Fsp3) is 0.280. The molecule has 0 atom stereocenters. The second-order valence-corrected chi connectivity index (χ2v) is 8.19. The van der Waals surface area contributed by atoms with Gasteiger partial charge in [0.05, 0.1) is 12.1 Å². The van der Waals surface area contributed by atoms with Gasteiger partial charge in [0.2, 0.25) is 0 Å². The third kappa shape index (κ3) is 5.91. The summed E-state index contributed by atoms with van der Waals surface area (Å²) in [5, 5.41) is 3.42. The molecule has 180 valence electrons. The van der Waals surface area contributed by atoms with E-state index in [1.54, 1.807) is 6.33 Å². The third-order valence-electron chi connectivity index (χ3n) is 5.57. The van der Waals surface area contributed by atoms with Gasteiger partial charge >= 0.3 is 0 Å². The highest BCUT2D eigenvalue weighted by Gasteiger charge is 2.22. The molecule has 0 radical (unpaired) electrons. The van der Waals surface area contributed by atoms with Crippen molar-refractivity contribution >= 4 is 47.4 Å². The number of ether oxygens (including phenoxy) is 2. The van der Waals surface area contributed by atoms with Crippen LogP contribution in [-0.4, -0.2) is 27.7 Å². The van der Waals surface area contributed by atoms with Gasteiger partial charge in [0.25, 0.3) is 0 Å². The van der Waals surface area contributed by atoms with E-state index in [0.717, 1.165) is 57.9 Å². The number of aromatic nitrogens is 3. The van der Waals surface area contributed by atoms with Crippen LogP contribution in [0.5, 0.6) is 17.2 Å². The molecule has 0 bridgehead atoms. The Morgan fingerprint density at radius 2 is 1.88 bits per heavy atom. The van der Waals surface area contributed by atoms with Gasteiger partial charge in [-0.1, -0.05) is 6.07 Å². The maximum absolute atomic E-state index is 6.13. The average Bonchev–Trinajstić information content (AvgIpc) is 3.54. The largest absolute Gasteiger partial charge is 0.493 e. The van der Waals surface area contributed by atoms with Gasteiger partial charge in [-0.25, -0.2) is 9.97 Å². The molecule has 0 spiro atoms. The molecule has 2 heterocycles.